The van der Waals surface area contributed by atoms with Gasteiger partial charge in [0.25, 0.3) is 0 Å². The van der Waals surface area contributed by atoms with Gasteiger partial charge < -0.3 is 14.3 Å². The third-order valence-electron chi connectivity index (χ3n) is 3.66. The summed E-state index contributed by atoms with van der Waals surface area (Å²) in [4.78, 5) is 11.2. The number of aliphatic hydroxyl groups excluding tert-OH is 1. The number of methoxy groups -OCH3 is 1. The van der Waals surface area contributed by atoms with E-state index in [1.807, 2.05) is 0 Å². The van der Waals surface area contributed by atoms with Crippen molar-refractivity contribution in [3.05, 3.63) is 23.7 Å². The molecule has 0 spiro atoms. The first-order valence-electron chi connectivity index (χ1n) is 6.57. The maximum Gasteiger partial charge on any atom is 0.373 e. The van der Waals surface area contributed by atoms with E-state index in [1.165, 1.54) is 32.8 Å². The van der Waals surface area contributed by atoms with Gasteiger partial charge in [-0.3, -0.25) is 0 Å². The Kier molecular flexibility index (Phi) is 4.42. The Hall–Kier alpha value is -1.29. The number of ether oxygens (including phenoxy) is 1. The first-order valence-corrected chi connectivity index (χ1v) is 6.57. The van der Waals surface area contributed by atoms with Crippen LogP contribution in [0, 0.1) is 5.92 Å². The highest BCUT2D eigenvalue weighted by atomic mass is 16.5. The van der Waals surface area contributed by atoms with Crippen molar-refractivity contribution in [2.45, 2.75) is 44.6 Å². The molecular weight excluding hydrogens is 232 g/mol. The maximum absolute atomic E-state index is 11.2. The maximum atomic E-state index is 11.2. The van der Waals surface area contributed by atoms with Gasteiger partial charge in [-0.1, -0.05) is 25.7 Å². The van der Waals surface area contributed by atoms with Crippen LogP contribution in [0.25, 0.3) is 0 Å². The molecule has 0 saturated heterocycles. The van der Waals surface area contributed by atoms with Crippen LogP contribution in [0.5, 0.6) is 0 Å². The zero-order chi connectivity index (χ0) is 13.0. The third kappa shape index (κ3) is 3.13. The molecule has 1 aliphatic carbocycles. The molecule has 1 aromatic heterocycles. The van der Waals surface area contributed by atoms with Crippen LogP contribution in [-0.4, -0.2) is 18.2 Å². The molecule has 1 saturated carbocycles. The minimum atomic E-state index is -0.621. The van der Waals surface area contributed by atoms with E-state index in [-0.39, 0.29) is 5.76 Å². The van der Waals surface area contributed by atoms with Crippen LogP contribution in [0.1, 0.15) is 60.9 Å². The van der Waals surface area contributed by atoms with Gasteiger partial charge in [0.15, 0.2) is 0 Å². The van der Waals surface area contributed by atoms with Gasteiger partial charge in [0, 0.05) is 0 Å². The number of rotatable bonds is 5. The molecule has 0 aliphatic heterocycles. The summed E-state index contributed by atoms with van der Waals surface area (Å²) in [6.45, 7) is 0. The van der Waals surface area contributed by atoms with Crippen molar-refractivity contribution in [2.75, 3.05) is 7.11 Å². The molecule has 0 radical (unpaired) electrons. The molecule has 0 aromatic carbocycles. The van der Waals surface area contributed by atoms with E-state index in [0.717, 1.165) is 12.3 Å². The van der Waals surface area contributed by atoms with Crippen LogP contribution in [0.15, 0.2) is 16.5 Å². The predicted octanol–water partition coefficient (Wildman–Crippen LogP) is 3.07. The number of esters is 1. The molecule has 1 fully saturated rings. The molecule has 0 bridgehead atoms. The molecule has 1 aliphatic rings. The SMILES string of the molecule is COC(=O)c1ccc(C(O)CCC2CCCC2)o1. The highest BCUT2D eigenvalue weighted by Gasteiger charge is 2.20. The van der Waals surface area contributed by atoms with Crippen molar-refractivity contribution < 1.29 is 19.1 Å². The number of hydrogen-bond donors (Lipinski definition) is 1. The molecule has 1 N–H and O–H groups in total. The van der Waals surface area contributed by atoms with Crippen molar-refractivity contribution in [3.63, 3.8) is 0 Å². The molecule has 1 unspecified atom stereocenters. The Labute approximate surface area is 107 Å². The van der Waals surface area contributed by atoms with E-state index in [4.69, 9.17) is 4.42 Å². The highest BCUT2D eigenvalue weighted by molar-refractivity contribution is 5.86. The minimum absolute atomic E-state index is 0.146. The van der Waals surface area contributed by atoms with Crippen LogP contribution < -0.4 is 0 Å². The fraction of sp³-hybridized carbons (Fsp3) is 0.643. The van der Waals surface area contributed by atoms with E-state index in [0.29, 0.717) is 12.2 Å². The van der Waals surface area contributed by atoms with Gasteiger partial charge in [-0.15, -0.1) is 0 Å². The molecule has 0 amide bonds. The fourth-order valence-corrected chi connectivity index (χ4v) is 2.58. The summed E-state index contributed by atoms with van der Waals surface area (Å²) in [6.07, 6.45) is 6.27. The standard InChI is InChI=1S/C14H20O4/c1-17-14(16)13-9-8-12(18-13)11(15)7-6-10-4-2-3-5-10/h8-11,15H,2-7H2,1H3. The average Bonchev–Trinajstić information content (AvgIpc) is 3.05. The number of furan rings is 1. The van der Waals surface area contributed by atoms with E-state index >= 15 is 0 Å². The second-order valence-electron chi connectivity index (χ2n) is 4.94. The van der Waals surface area contributed by atoms with Crippen molar-refractivity contribution >= 4 is 5.97 Å². The predicted molar refractivity (Wildman–Crippen MR) is 66.2 cm³/mol. The topological polar surface area (TPSA) is 59.7 Å². The summed E-state index contributed by atoms with van der Waals surface area (Å²) in [7, 11) is 1.31. The quantitative estimate of drug-likeness (QED) is 0.818. The molecule has 18 heavy (non-hydrogen) atoms. The summed E-state index contributed by atoms with van der Waals surface area (Å²) < 4.78 is 9.85. The van der Waals surface area contributed by atoms with Gasteiger partial charge in [0.1, 0.15) is 11.9 Å². The number of carbonyl (C=O) groups is 1. The molecule has 4 heteroatoms. The van der Waals surface area contributed by atoms with Crippen LogP contribution in [0.4, 0.5) is 0 Å². The Balaban J connectivity index is 1.85. The number of aliphatic hydroxyl groups is 1. The first kappa shape index (κ1) is 13.1. The lowest BCUT2D eigenvalue weighted by Gasteiger charge is -2.11. The molecule has 1 atom stereocenters. The van der Waals surface area contributed by atoms with Gasteiger partial charge in [0.2, 0.25) is 5.76 Å². The second-order valence-corrected chi connectivity index (χ2v) is 4.94. The Bertz CT molecular complexity index is 390. The van der Waals surface area contributed by atoms with E-state index in [1.54, 1.807) is 12.1 Å². The summed E-state index contributed by atoms with van der Waals surface area (Å²) in [6, 6.07) is 3.19. The van der Waals surface area contributed by atoms with Gasteiger partial charge in [0.05, 0.1) is 7.11 Å². The van der Waals surface area contributed by atoms with Gasteiger partial charge in [-0.25, -0.2) is 4.79 Å². The highest BCUT2D eigenvalue weighted by Crippen LogP contribution is 2.31. The van der Waals surface area contributed by atoms with Crippen molar-refractivity contribution in [2.24, 2.45) is 5.92 Å². The molecule has 2 rings (SSSR count). The zero-order valence-electron chi connectivity index (χ0n) is 10.7. The van der Waals surface area contributed by atoms with E-state index < -0.39 is 12.1 Å². The lowest BCUT2D eigenvalue weighted by Crippen LogP contribution is -2.01. The molecule has 1 aromatic rings. The Morgan fingerprint density at radius 1 is 1.50 bits per heavy atom. The first-order chi connectivity index (χ1) is 8.70. The molecule has 1 heterocycles. The summed E-state index contributed by atoms with van der Waals surface area (Å²) >= 11 is 0. The van der Waals surface area contributed by atoms with Crippen LogP contribution >= 0.6 is 0 Å². The monoisotopic (exact) mass is 252 g/mol. The lowest BCUT2D eigenvalue weighted by atomic mass is 9.99. The number of carbonyl (C=O) groups excluding carboxylic acids is 1. The smallest absolute Gasteiger partial charge is 0.373 e. The molecule has 4 nitrogen and oxygen atoms in total. The summed E-state index contributed by atoms with van der Waals surface area (Å²) in [5, 5.41) is 10.0. The lowest BCUT2D eigenvalue weighted by molar-refractivity contribution is 0.0552. The normalized spacial score (nSPS) is 17.9. The van der Waals surface area contributed by atoms with Crippen molar-refractivity contribution in [1.29, 1.82) is 0 Å². The van der Waals surface area contributed by atoms with Crippen LogP contribution in [0.3, 0.4) is 0 Å². The summed E-state index contributed by atoms with van der Waals surface area (Å²) in [5.41, 5.74) is 0. The molecule has 100 valence electrons. The Morgan fingerprint density at radius 2 is 2.22 bits per heavy atom. The second kappa shape index (κ2) is 6.05. The average molecular weight is 252 g/mol. The van der Waals surface area contributed by atoms with Crippen molar-refractivity contribution in [1.82, 2.24) is 0 Å². The number of hydrogen-bond acceptors (Lipinski definition) is 4. The largest absolute Gasteiger partial charge is 0.463 e. The van der Waals surface area contributed by atoms with Gasteiger partial charge in [-0.2, -0.15) is 0 Å². The van der Waals surface area contributed by atoms with E-state index in [2.05, 4.69) is 4.74 Å². The Morgan fingerprint density at radius 3 is 2.89 bits per heavy atom. The molecular formula is C14H20O4. The van der Waals surface area contributed by atoms with Gasteiger partial charge >= 0.3 is 5.97 Å². The summed E-state index contributed by atoms with van der Waals surface area (Å²) in [5.74, 6) is 0.833. The van der Waals surface area contributed by atoms with Gasteiger partial charge in [-0.05, 0) is 30.9 Å². The van der Waals surface area contributed by atoms with Crippen LogP contribution in [-0.2, 0) is 4.74 Å². The zero-order valence-corrected chi connectivity index (χ0v) is 10.7. The van der Waals surface area contributed by atoms with E-state index in [9.17, 15) is 9.90 Å². The fourth-order valence-electron chi connectivity index (χ4n) is 2.58. The van der Waals surface area contributed by atoms with Crippen molar-refractivity contribution in [3.8, 4) is 0 Å². The third-order valence-corrected chi connectivity index (χ3v) is 3.66. The minimum Gasteiger partial charge on any atom is -0.463 e. The van der Waals surface area contributed by atoms with Crippen LogP contribution in [0.2, 0.25) is 0 Å².